The van der Waals surface area contributed by atoms with Crippen LogP contribution in [0.3, 0.4) is 0 Å². The van der Waals surface area contributed by atoms with Crippen LogP contribution in [0.25, 0.3) is 0 Å². The van der Waals surface area contributed by atoms with Crippen molar-refractivity contribution in [3.8, 4) is 5.75 Å². The predicted molar refractivity (Wildman–Crippen MR) is 109 cm³/mol. The minimum absolute atomic E-state index is 0.196. The van der Waals surface area contributed by atoms with Crippen LogP contribution in [0.4, 0.5) is 0 Å². The fourth-order valence-electron chi connectivity index (χ4n) is 3.66. The Hall–Kier alpha value is -2.86. The zero-order valence-electron chi connectivity index (χ0n) is 16.9. The Labute approximate surface area is 171 Å². The van der Waals surface area contributed by atoms with E-state index in [0.29, 0.717) is 37.5 Å². The molecule has 0 atom stereocenters. The van der Waals surface area contributed by atoms with E-state index < -0.39 is 5.97 Å². The number of nitrogens with one attached hydrogen (secondary N) is 1. The van der Waals surface area contributed by atoms with E-state index in [0.717, 1.165) is 24.2 Å². The highest BCUT2D eigenvalue weighted by atomic mass is 16.5. The molecular weight excluding hydrogens is 370 g/mol. The predicted octanol–water partition coefficient (Wildman–Crippen LogP) is 3.35. The third kappa shape index (κ3) is 4.95. The first-order valence-electron chi connectivity index (χ1n) is 9.85. The molecule has 0 spiro atoms. The highest BCUT2D eigenvalue weighted by Crippen LogP contribution is 2.35. The first-order valence-corrected chi connectivity index (χ1v) is 9.85. The number of hydrogen-bond donors (Lipinski definition) is 1. The van der Waals surface area contributed by atoms with Gasteiger partial charge in [-0.3, -0.25) is 4.79 Å². The van der Waals surface area contributed by atoms with Gasteiger partial charge in [0.05, 0.1) is 19.3 Å². The van der Waals surface area contributed by atoms with Crippen molar-refractivity contribution in [3.63, 3.8) is 0 Å². The second kappa shape index (κ2) is 9.56. The number of benzene rings is 2. The van der Waals surface area contributed by atoms with Gasteiger partial charge in [0, 0.05) is 30.7 Å². The second-order valence-corrected chi connectivity index (χ2v) is 7.11. The molecule has 29 heavy (non-hydrogen) atoms. The molecule has 1 saturated heterocycles. The Morgan fingerprint density at radius 2 is 1.76 bits per heavy atom. The van der Waals surface area contributed by atoms with E-state index in [1.54, 1.807) is 24.3 Å². The minimum atomic E-state index is -0.463. The van der Waals surface area contributed by atoms with Gasteiger partial charge in [-0.25, -0.2) is 4.79 Å². The monoisotopic (exact) mass is 397 g/mol. The molecule has 3 rings (SSSR count). The van der Waals surface area contributed by atoms with E-state index in [4.69, 9.17) is 14.2 Å². The van der Waals surface area contributed by atoms with Crippen LogP contribution in [0.2, 0.25) is 0 Å². The number of ether oxygens (including phenoxy) is 3. The summed E-state index contributed by atoms with van der Waals surface area (Å²) in [6.07, 6.45) is 1.65. The maximum atomic E-state index is 12.7. The van der Waals surface area contributed by atoms with E-state index in [1.165, 1.54) is 7.11 Å². The van der Waals surface area contributed by atoms with Crippen molar-refractivity contribution in [2.45, 2.75) is 25.2 Å². The third-order valence-corrected chi connectivity index (χ3v) is 5.36. The van der Waals surface area contributed by atoms with E-state index >= 15 is 0 Å². The van der Waals surface area contributed by atoms with Gasteiger partial charge in [-0.05, 0) is 55.7 Å². The normalized spacial score (nSPS) is 15.4. The molecule has 1 heterocycles. The van der Waals surface area contributed by atoms with Crippen LogP contribution in [0.15, 0.2) is 48.5 Å². The van der Waals surface area contributed by atoms with E-state index in [2.05, 4.69) is 17.4 Å². The van der Waals surface area contributed by atoms with Crippen molar-refractivity contribution in [2.75, 3.05) is 33.5 Å². The number of hydrogen-bond acceptors (Lipinski definition) is 5. The summed E-state index contributed by atoms with van der Waals surface area (Å²) >= 11 is 0. The van der Waals surface area contributed by atoms with Gasteiger partial charge in [0.25, 0.3) is 5.91 Å². The summed E-state index contributed by atoms with van der Waals surface area (Å²) in [4.78, 5) is 24.5. The van der Waals surface area contributed by atoms with Gasteiger partial charge < -0.3 is 19.5 Å². The standard InChI is InChI=1S/C23H27NO5/c1-3-29-20-9-7-19(8-10-20)23(11-13-28-14-12-23)16-24-21(25)17-5-4-6-18(15-17)22(26)27-2/h4-10,15H,3,11-14,16H2,1-2H3,(H,24,25). The number of amides is 1. The topological polar surface area (TPSA) is 73.9 Å². The molecule has 0 aliphatic carbocycles. The highest BCUT2D eigenvalue weighted by molar-refractivity contribution is 5.97. The van der Waals surface area contributed by atoms with Crippen LogP contribution in [0.1, 0.15) is 46.0 Å². The second-order valence-electron chi connectivity index (χ2n) is 7.11. The largest absolute Gasteiger partial charge is 0.494 e. The molecule has 0 aromatic heterocycles. The molecule has 2 aromatic carbocycles. The number of esters is 1. The van der Waals surface area contributed by atoms with Gasteiger partial charge in [-0.2, -0.15) is 0 Å². The lowest BCUT2D eigenvalue weighted by molar-refractivity contribution is 0.0487. The number of methoxy groups -OCH3 is 1. The zero-order chi connectivity index (χ0) is 20.7. The first kappa shape index (κ1) is 20.9. The van der Waals surface area contributed by atoms with Crippen LogP contribution in [0, 0.1) is 0 Å². The summed E-state index contributed by atoms with van der Waals surface area (Å²) in [5.41, 5.74) is 1.75. The summed E-state index contributed by atoms with van der Waals surface area (Å²) < 4.78 is 15.8. The molecule has 6 heteroatoms. The van der Waals surface area contributed by atoms with Crippen molar-refractivity contribution in [3.05, 3.63) is 65.2 Å². The molecule has 0 unspecified atom stereocenters. The Morgan fingerprint density at radius 1 is 1.07 bits per heavy atom. The summed E-state index contributed by atoms with van der Waals surface area (Å²) in [7, 11) is 1.32. The summed E-state index contributed by atoms with van der Waals surface area (Å²) in [6.45, 7) is 4.38. The maximum Gasteiger partial charge on any atom is 0.337 e. The van der Waals surface area contributed by atoms with Crippen LogP contribution in [-0.2, 0) is 14.9 Å². The Kier molecular flexibility index (Phi) is 6.88. The van der Waals surface area contributed by atoms with E-state index in [1.807, 2.05) is 19.1 Å². The zero-order valence-corrected chi connectivity index (χ0v) is 16.9. The Morgan fingerprint density at radius 3 is 2.41 bits per heavy atom. The lowest BCUT2D eigenvalue weighted by Gasteiger charge is -2.38. The molecule has 1 N–H and O–H groups in total. The van der Waals surface area contributed by atoms with Crippen molar-refractivity contribution < 1.29 is 23.8 Å². The Balaban J connectivity index is 1.75. The van der Waals surface area contributed by atoms with Gasteiger partial charge in [0.15, 0.2) is 0 Å². The molecule has 0 radical (unpaired) electrons. The maximum absolute atomic E-state index is 12.7. The van der Waals surface area contributed by atoms with Crippen molar-refractivity contribution >= 4 is 11.9 Å². The van der Waals surface area contributed by atoms with E-state index in [-0.39, 0.29) is 11.3 Å². The van der Waals surface area contributed by atoms with Gasteiger partial charge in [-0.1, -0.05) is 18.2 Å². The van der Waals surface area contributed by atoms with Crippen molar-refractivity contribution in [1.82, 2.24) is 5.32 Å². The van der Waals surface area contributed by atoms with Crippen LogP contribution in [0.5, 0.6) is 5.75 Å². The number of carbonyl (C=O) groups is 2. The number of rotatable bonds is 7. The molecule has 2 aromatic rings. The fraction of sp³-hybridized carbons (Fsp3) is 0.391. The van der Waals surface area contributed by atoms with Gasteiger partial charge in [-0.15, -0.1) is 0 Å². The van der Waals surface area contributed by atoms with E-state index in [9.17, 15) is 9.59 Å². The average molecular weight is 397 g/mol. The number of carbonyl (C=O) groups excluding carboxylic acids is 2. The van der Waals surface area contributed by atoms with Gasteiger partial charge in [0.1, 0.15) is 5.75 Å². The molecule has 1 fully saturated rings. The summed E-state index contributed by atoms with van der Waals surface area (Å²) in [5.74, 6) is 0.157. The molecule has 1 amide bonds. The van der Waals surface area contributed by atoms with Gasteiger partial charge >= 0.3 is 5.97 Å². The van der Waals surface area contributed by atoms with Crippen molar-refractivity contribution in [1.29, 1.82) is 0 Å². The van der Waals surface area contributed by atoms with Gasteiger partial charge in [0.2, 0.25) is 0 Å². The van der Waals surface area contributed by atoms with Crippen LogP contribution in [-0.4, -0.2) is 45.4 Å². The highest BCUT2D eigenvalue weighted by Gasteiger charge is 2.35. The molecule has 0 saturated carbocycles. The lowest BCUT2D eigenvalue weighted by atomic mass is 9.74. The quantitative estimate of drug-likeness (QED) is 0.726. The third-order valence-electron chi connectivity index (χ3n) is 5.36. The molecule has 6 nitrogen and oxygen atoms in total. The molecule has 1 aliphatic heterocycles. The lowest BCUT2D eigenvalue weighted by Crippen LogP contribution is -2.44. The fourth-order valence-corrected chi connectivity index (χ4v) is 3.66. The van der Waals surface area contributed by atoms with Crippen LogP contribution >= 0.6 is 0 Å². The molecule has 1 aliphatic rings. The Bertz CT molecular complexity index is 841. The average Bonchev–Trinajstić information content (AvgIpc) is 2.78. The summed E-state index contributed by atoms with van der Waals surface area (Å²) in [6, 6.07) is 14.6. The molecule has 0 bridgehead atoms. The minimum Gasteiger partial charge on any atom is -0.494 e. The molecule has 154 valence electrons. The van der Waals surface area contributed by atoms with Crippen molar-refractivity contribution in [2.24, 2.45) is 0 Å². The SMILES string of the molecule is CCOc1ccc(C2(CNC(=O)c3cccc(C(=O)OC)c3)CCOCC2)cc1. The molecular formula is C23H27NO5. The smallest absolute Gasteiger partial charge is 0.337 e. The summed E-state index contributed by atoms with van der Waals surface area (Å²) in [5, 5.41) is 3.05. The van der Waals surface area contributed by atoms with Crippen LogP contribution < -0.4 is 10.1 Å². The first-order chi connectivity index (χ1) is 14.1.